The molecule has 166 valence electrons. The Labute approximate surface area is 202 Å². The van der Waals surface area contributed by atoms with E-state index >= 15 is 0 Å². The fourth-order valence-electron chi connectivity index (χ4n) is 3.65. The van der Waals surface area contributed by atoms with Gasteiger partial charge in [-0.3, -0.25) is 10.1 Å². The van der Waals surface area contributed by atoms with Gasteiger partial charge in [-0.05, 0) is 65.7 Å². The summed E-state index contributed by atoms with van der Waals surface area (Å²) in [5.41, 5.74) is 5.21. The minimum absolute atomic E-state index is 0.308. The molecule has 34 heavy (non-hydrogen) atoms. The van der Waals surface area contributed by atoms with Crippen molar-refractivity contribution in [2.24, 2.45) is 4.99 Å². The molecule has 0 bridgehead atoms. The maximum absolute atomic E-state index is 12.9. The smallest absolute Gasteiger partial charge is 0.258 e. The Morgan fingerprint density at radius 1 is 0.794 bits per heavy atom. The highest BCUT2D eigenvalue weighted by Crippen LogP contribution is 2.23. The number of aromatic nitrogens is 1. The van der Waals surface area contributed by atoms with Crippen LogP contribution in [0.3, 0.4) is 0 Å². The number of hydrogen-bond donors (Lipinski definition) is 3. The van der Waals surface area contributed by atoms with E-state index in [4.69, 9.17) is 11.6 Å². The predicted molar refractivity (Wildman–Crippen MR) is 140 cm³/mol. The molecular formula is C28H21ClN4O. The van der Waals surface area contributed by atoms with Crippen LogP contribution in [0.2, 0.25) is 5.02 Å². The zero-order valence-electron chi connectivity index (χ0n) is 18.1. The fourth-order valence-corrected chi connectivity index (χ4v) is 3.84. The molecule has 4 aromatic carbocycles. The minimum Gasteiger partial charge on any atom is -0.361 e. The number of H-pyrrole nitrogens is 1. The van der Waals surface area contributed by atoms with E-state index in [-0.39, 0.29) is 5.91 Å². The van der Waals surface area contributed by atoms with E-state index in [1.165, 1.54) is 0 Å². The van der Waals surface area contributed by atoms with Crippen molar-refractivity contribution in [3.05, 3.63) is 120 Å². The third-order valence-electron chi connectivity index (χ3n) is 5.35. The van der Waals surface area contributed by atoms with Gasteiger partial charge in [0.2, 0.25) is 5.96 Å². The van der Waals surface area contributed by atoms with Gasteiger partial charge in [-0.25, -0.2) is 4.99 Å². The van der Waals surface area contributed by atoms with Crippen LogP contribution in [0.1, 0.15) is 10.4 Å². The number of carbonyl (C=O) groups is 1. The first-order valence-electron chi connectivity index (χ1n) is 10.8. The number of fused-ring (bicyclic) bond motifs is 1. The van der Waals surface area contributed by atoms with Crippen LogP contribution < -0.4 is 10.6 Å². The maximum Gasteiger partial charge on any atom is 0.258 e. The third-order valence-corrected chi connectivity index (χ3v) is 5.59. The lowest BCUT2D eigenvalue weighted by molar-refractivity contribution is 0.0977. The first-order valence-corrected chi connectivity index (χ1v) is 11.2. The number of aromatic amines is 1. The predicted octanol–water partition coefficient (Wildman–Crippen LogP) is 7.02. The summed E-state index contributed by atoms with van der Waals surface area (Å²) in [5, 5.41) is 7.67. The zero-order valence-corrected chi connectivity index (χ0v) is 18.9. The van der Waals surface area contributed by atoms with E-state index in [1.807, 2.05) is 72.9 Å². The Balaban J connectivity index is 1.44. The SMILES string of the molecule is O=C(NC(=Nc1ccc(-c2ccccc2)cc1)Nc1ccc2[nH]ccc2c1)c1cccc(Cl)c1. The Hall–Kier alpha value is -4.35. The second-order valence-electron chi connectivity index (χ2n) is 7.74. The van der Waals surface area contributed by atoms with Gasteiger partial charge in [-0.2, -0.15) is 0 Å². The first kappa shape index (κ1) is 21.5. The quantitative estimate of drug-likeness (QED) is 0.197. The van der Waals surface area contributed by atoms with Crippen LogP contribution in [0.25, 0.3) is 22.0 Å². The molecule has 5 aromatic rings. The van der Waals surface area contributed by atoms with Gasteiger partial charge in [0.1, 0.15) is 0 Å². The molecule has 0 atom stereocenters. The molecule has 0 saturated carbocycles. The number of guanidine groups is 1. The number of anilines is 1. The molecule has 1 heterocycles. The summed E-state index contributed by atoms with van der Waals surface area (Å²) in [6.45, 7) is 0. The summed E-state index contributed by atoms with van der Waals surface area (Å²) in [4.78, 5) is 20.8. The van der Waals surface area contributed by atoms with Crippen LogP contribution >= 0.6 is 11.6 Å². The number of halogens is 1. The highest BCUT2D eigenvalue weighted by Gasteiger charge is 2.11. The van der Waals surface area contributed by atoms with Crippen molar-refractivity contribution in [3.63, 3.8) is 0 Å². The lowest BCUT2D eigenvalue weighted by Gasteiger charge is -2.12. The van der Waals surface area contributed by atoms with Crippen LogP contribution in [0, 0.1) is 0 Å². The highest BCUT2D eigenvalue weighted by atomic mass is 35.5. The Morgan fingerprint density at radius 2 is 1.59 bits per heavy atom. The monoisotopic (exact) mass is 464 g/mol. The summed E-state index contributed by atoms with van der Waals surface area (Å²) in [6, 6.07) is 32.7. The largest absolute Gasteiger partial charge is 0.361 e. The van der Waals surface area contributed by atoms with Gasteiger partial charge in [0.05, 0.1) is 5.69 Å². The molecule has 0 aliphatic carbocycles. The standard InChI is InChI=1S/C28H21ClN4O/c29-23-8-4-7-22(17-23)27(34)33-28(32-25-13-14-26-21(18-25)15-16-30-26)31-24-11-9-20(10-12-24)19-5-2-1-3-6-19/h1-18,30H,(H2,31,32,33,34). The molecule has 3 N–H and O–H groups in total. The summed E-state index contributed by atoms with van der Waals surface area (Å²) in [5.74, 6) is 0.00435. The van der Waals surface area contributed by atoms with Crippen molar-refractivity contribution in [1.82, 2.24) is 10.3 Å². The summed E-state index contributed by atoms with van der Waals surface area (Å²) < 4.78 is 0. The molecule has 0 saturated heterocycles. The number of nitrogens with zero attached hydrogens (tertiary/aromatic N) is 1. The highest BCUT2D eigenvalue weighted by molar-refractivity contribution is 6.31. The molecular weight excluding hydrogens is 444 g/mol. The van der Waals surface area contributed by atoms with E-state index in [0.29, 0.717) is 22.2 Å². The van der Waals surface area contributed by atoms with Crippen LogP contribution in [-0.2, 0) is 0 Å². The summed E-state index contributed by atoms with van der Waals surface area (Å²) in [7, 11) is 0. The fraction of sp³-hybridized carbons (Fsp3) is 0. The van der Waals surface area contributed by atoms with Crippen molar-refractivity contribution in [2.75, 3.05) is 5.32 Å². The molecule has 5 rings (SSSR count). The average molecular weight is 465 g/mol. The van der Waals surface area contributed by atoms with E-state index in [9.17, 15) is 4.79 Å². The van der Waals surface area contributed by atoms with Gasteiger partial charge in [-0.15, -0.1) is 0 Å². The van der Waals surface area contributed by atoms with Gasteiger partial charge in [-0.1, -0.05) is 60.1 Å². The average Bonchev–Trinajstić information content (AvgIpc) is 3.33. The summed E-state index contributed by atoms with van der Waals surface area (Å²) >= 11 is 6.07. The molecule has 0 aliphatic rings. The number of amides is 1. The molecule has 5 nitrogen and oxygen atoms in total. The number of carbonyl (C=O) groups excluding carboxylic acids is 1. The van der Waals surface area contributed by atoms with E-state index in [0.717, 1.165) is 27.7 Å². The second kappa shape index (κ2) is 9.65. The van der Waals surface area contributed by atoms with E-state index in [2.05, 4.69) is 32.7 Å². The number of hydrogen-bond acceptors (Lipinski definition) is 2. The van der Waals surface area contributed by atoms with Gasteiger partial charge >= 0.3 is 0 Å². The number of rotatable bonds is 4. The van der Waals surface area contributed by atoms with E-state index in [1.54, 1.807) is 24.3 Å². The Morgan fingerprint density at radius 3 is 2.38 bits per heavy atom. The van der Waals surface area contributed by atoms with Crippen molar-refractivity contribution >= 4 is 45.7 Å². The third kappa shape index (κ3) is 5.00. The molecule has 0 spiro atoms. The molecule has 1 amide bonds. The normalized spacial score (nSPS) is 11.4. The molecule has 0 aliphatic heterocycles. The van der Waals surface area contributed by atoms with Crippen LogP contribution in [0.15, 0.2) is 114 Å². The van der Waals surface area contributed by atoms with Gasteiger partial charge in [0.15, 0.2) is 0 Å². The van der Waals surface area contributed by atoms with E-state index < -0.39 is 0 Å². The maximum atomic E-state index is 12.9. The summed E-state index contributed by atoms with van der Waals surface area (Å²) in [6.07, 6.45) is 1.89. The van der Waals surface area contributed by atoms with Crippen LogP contribution in [-0.4, -0.2) is 16.9 Å². The van der Waals surface area contributed by atoms with Gasteiger partial charge in [0, 0.05) is 33.4 Å². The van der Waals surface area contributed by atoms with Crippen molar-refractivity contribution < 1.29 is 4.79 Å². The Bertz CT molecular complexity index is 1470. The first-order chi connectivity index (χ1) is 16.6. The zero-order chi connectivity index (χ0) is 23.3. The lowest BCUT2D eigenvalue weighted by atomic mass is 10.1. The second-order valence-corrected chi connectivity index (χ2v) is 8.18. The number of benzene rings is 4. The van der Waals surface area contributed by atoms with Crippen molar-refractivity contribution in [3.8, 4) is 11.1 Å². The van der Waals surface area contributed by atoms with Crippen molar-refractivity contribution in [2.45, 2.75) is 0 Å². The van der Waals surface area contributed by atoms with Gasteiger partial charge < -0.3 is 10.3 Å². The van der Waals surface area contributed by atoms with Crippen LogP contribution in [0.4, 0.5) is 11.4 Å². The number of aliphatic imine (C=N–C) groups is 1. The lowest BCUT2D eigenvalue weighted by Crippen LogP contribution is -2.35. The number of nitrogens with one attached hydrogen (secondary N) is 3. The van der Waals surface area contributed by atoms with Crippen LogP contribution in [0.5, 0.6) is 0 Å². The van der Waals surface area contributed by atoms with Crippen molar-refractivity contribution in [1.29, 1.82) is 0 Å². The molecule has 0 unspecified atom stereocenters. The molecule has 6 heteroatoms. The molecule has 0 fully saturated rings. The molecule has 1 aromatic heterocycles. The van der Waals surface area contributed by atoms with Gasteiger partial charge in [0.25, 0.3) is 5.91 Å². The topological polar surface area (TPSA) is 69.3 Å². The Kier molecular flexibility index (Phi) is 6.10. The molecule has 0 radical (unpaired) electrons. The minimum atomic E-state index is -0.308.